The minimum absolute atomic E-state index is 0.382. The number of aromatic amines is 1. The fourth-order valence-electron chi connectivity index (χ4n) is 6.19. The van der Waals surface area contributed by atoms with Crippen molar-refractivity contribution in [2.24, 2.45) is 0 Å². The molecule has 0 unspecified atom stereocenters. The van der Waals surface area contributed by atoms with Crippen molar-refractivity contribution in [1.29, 1.82) is 5.26 Å². The molecule has 2 aromatic heterocycles. The third-order valence-corrected chi connectivity index (χ3v) is 8.14. The summed E-state index contributed by atoms with van der Waals surface area (Å²) in [7, 11) is 0. The molecule has 6 rings (SSSR count). The van der Waals surface area contributed by atoms with Crippen LogP contribution in [0.15, 0.2) is 54.7 Å². The van der Waals surface area contributed by atoms with Crippen LogP contribution in [0.2, 0.25) is 0 Å². The lowest BCUT2D eigenvalue weighted by molar-refractivity contribution is -0.140. The highest BCUT2D eigenvalue weighted by Crippen LogP contribution is 2.39. The summed E-state index contributed by atoms with van der Waals surface area (Å²) in [6.07, 6.45) is 2.03. The average Bonchev–Trinajstić information content (AvgIpc) is 3.35. The van der Waals surface area contributed by atoms with Crippen molar-refractivity contribution in [3.63, 3.8) is 0 Å². The molecule has 0 amide bonds. The Morgan fingerprint density at radius 1 is 0.919 bits per heavy atom. The van der Waals surface area contributed by atoms with Crippen LogP contribution >= 0.6 is 0 Å². The van der Waals surface area contributed by atoms with E-state index in [0.29, 0.717) is 41.8 Å². The van der Waals surface area contributed by atoms with Crippen LogP contribution in [0, 0.1) is 11.3 Å². The fraction of sp³-hybridized carbons (Fsp3) is 0.379. The molecule has 190 valence electrons. The normalized spacial score (nSPS) is 21.4. The first-order valence-corrected chi connectivity index (χ1v) is 12.9. The number of nitrogens with one attached hydrogen (secondary N) is 1. The third kappa shape index (κ3) is 4.53. The van der Waals surface area contributed by atoms with E-state index < -0.39 is 11.9 Å². The highest BCUT2D eigenvalue weighted by atomic mass is 19.4. The van der Waals surface area contributed by atoms with Gasteiger partial charge in [0.1, 0.15) is 5.69 Å². The van der Waals surface area contributed by atoms with Gasteiger partial charge in [-0.2, -0.15) is 18.4 Å². The zero-order valence-corrected chi connectivity index (χ0v) is 20.4. The van der Waals surface area contributed by atoms with E-state index in [1.807, 2.05) is 30.3 Å². The Labute approximate surface area is 213 Å². The molecule has 1 saturated carbocycles. The molecule has 8 heteroatoms. The van der Waals surface area contributed by atoms with E-state index in [0.717, 1.165) is 55.1 Å². The lowest BCUT2D eigenvalue weighted by Crippen LogP contribution is -2.51. The summed E-state index contributed by atoms with van der Waals surface area (Å²) in [5.41, 5.74) is 3.24. The number of benzene rings is 2. The average molecular weight is 504 g/mol. The Morgan fingerprint density at radius 2 is 1.68 bits per heavy atom. The quantitative estimate of drug-likeness (QED) is 0.349. The van der Waals surface area contributed by atoms with Crippen LogP contribution in [0.3, 0.4) is 0 Å². The molecular weight excluding hydrogens is 475 g/mol. The molecule has 5 nitrogen and oxygen atoms in total. The Balaban J connectivity index is 1.13. The van der Waals surface area contributed by atoms with Crippen LogP contribution in [0.5, 0.6) is 0 Å². The van der Waals surface area contributed by atoms with Crippen LogP contribution in [-0.4, -0.2) is 47.1 Å². The number of alkyl halides is 3. The maximum Gasteiger partial charge on any atom is 0.433 e. The highest BCUT2D eigenvalue weighted by molar-refractivity contribution is 5.92. The fourth-order valence-corrected chi connectivity index (χ4v) is 6.19. The van der Waals surface area contributed by atoms with Gasteiger partial charge >= 0.3 is 6.18 Å². The zero-order chi connectivity index (χ0) is 25.6. The molecule has 2 aliphatic rings. The van der Waals surface area contributed by atoms with Crippen molar-refractivity contribution >= 4 is 27.5 Å². The number of fused-ring (bicyclic) bond motifs is 2. The first-order chi connectivity index (χ1) is 17.9. The number of pyridine rings is 1. The summed E-state index contributed by atoms with van der Waals surface area (Å²) in [6, 6.07) is 16.8. The lowest BCUT2D eigenvalue weighted by Gasteiger charge is -2.43. The van der Waals surface area contributed by atoms with E-state index in [2.05, 4.69) is 32.0 Å². The van der Waals surface area contributed by atoms with Gasteiger partial charge < -0.3 is 9.88 Å². The molecule has 37 heavy (non-hydrogen) atoms. The molecule has 0 radical (unpaired) electrons. The number of aromatic nitrogens is 2. The molecule has 2 fully saturated rings. The molecular formula is C29H28F3N5. The number of hydrogen-bond acceptors (Lipinski definition) is 4. The van der Waals surface area contributed by atoms with Gasteiger partial charge in [-0.05, 0) is 67.5 Å². The summed E-state index contributed by atoms with van der Waals surface area (Å²) in [5.74, 6) is 0.476. The van der Waals surface area contributed by atoms with Gasteiger partial charge in [0.25, 0.3) is 0 Å². The van der Waals surface area contributed by atoms with Gasteiger partial charge in [0, 0.05) is 60.4 Å². The van der Waals surface area contributed by atoms with Gasteiger partial charge in [0.05, 0.1) is 17.1 Å². The van der Waals surface area contributed by atoms with E-state index in [-0.39, 0.29) is 0 Å². The van der Waals surface area contributed by atoms with E-state index in [9.17, 15) is 18.4 Å². The molecule has 3 heterocycles. The van der Waals surface area contributed by atoms with Crippen molar-refractivity contribution in [3.8, 4) is 6.07 Å². The summed E-state index contributed by atoms with van der Waals surface area (Å²) in [4.78, 5) is 11.8. The highest BCUT2D eigenvalue weighted by Gasteiger charge is 2.35. The van der Waals surface area contributed by atoms with E-state index >= 15 is 0 Å². The Hall–Kier alpha value is -3.57. The smallest absolute Gasteiger partial charge is 0.368 e. The predicted molar refractivity (Wildman–Crippen MR) is 139 cm³/mol. The zero-order valence-electron chi connectivity index (χ0n) is 20.4. The second-order valence-corrected chi connectivity index (χ2v) is 10.2. The summed E-state index contributed by atoms with van der Waals surface area (Å²) in [6.45, 7) is 3.08. The number of rotatable bonds is 3. The number of anilines is 1. The molecule has 1 aliphatic carbocycles. The van der Waals surface area contributed by atoms with Gasteiger partial charge in [-0.15, -0.1) is 0 Å². The van der Waals surface area contributed by atoms with Crippen LogP contribution in [0.4, 0.5) is 18.9 Å². The van der Waals surface area contributed by atoms with Crippen LogP contribution in [0.1, 0.15) is 48.4 Å². The molecule has 1 N–H and O–H groups in total. The summed E-state index contributed by atoms with van der Waals surface area (Å²) in [5, 5.41) is 11.2. The molecule has 0 spiro atoms. The topological polar surface area (TPSA) is 59.0 Å². The number of nitriles is 1. The Bertz CT molecular complexity index is 1470. The number of halogens is 3. The SMILES string of the molecule is N#Cc1ccc2[nH]cc(C3CCC(N4CCN(c5cc(C(F)(F)F)nc6ccccc56)CC4)CC3)c2c1. The maximum atomic E-state index is 13.5. The number of nitrogens with zero attached hydrogens (tertiary/aromatic N) is 4. The van der Waals surface area contributed by atoms with E-state index in [1.165, 1.54) is 11.6 Å². The lowest BCUT2D eigenvalue weighted by atomic mass is 9.81. The second-order valence-electron chi connectivity index (χ2n) is 10.2. The predicted octanol–water partition coefficient (Wildman–Crippen LogP) is 6.45. The second kappa shape index (κ2) is 9.38. The Kier molecular flexibility index (Phi) is 6.04. The van der Waals surface area contributed by atoms with Gasteiger partial charge in [-0.1, -0.05) is 18.2 Å². The van der Waals surface area contributed by atoms with Crippen LogP contribution in [-0.2, 0) is 6.18 Å². The van der Waals surface area contributed by atoms with Gasteiger partial charge in [-0.25, -0.2) is 4.98 Å². The maximum absolute atomic E-state index is 13.5. The van der Waals surface area contributed by atoms with Gasteiger partial charge in [-0.3, -0.25) is 4.90 Å². The van der Waals surface area contributed by atoms with E-state index in [4.69, 9.17) is 0 Å². The van der Waals surface area contributed by atoms with Crippen LogP contribution in [0.25, 0.3) is 21.8 Å². The summed E-state index contributed by atoms with van der Waals surface area (Å²) < 4.78 is 40.6. The minimum atomic E-state index is -4.47. The van der Waals surface area contributed by atoms with Crippen molar-refractivity contribution < 1.29 is 13.2 Å². The van der Waals surface area contributed by atoms with Gasteiger partial charge in [0.2, 0.25) is 0 Å². The third-order valence-electron chi connectivity index (χ3n) is 8.14. The van der Waals surface area contributed by atoms with Crippen molar-refractivity contribution in [2.45, 2.75) is 43.8 Å². The van der Waals surface area contributed by atoms with Crippen molar-refractivity contribution in [2.75, 3.05) is 31.1 Å². The number of piperazine rings is 1. The number of hydrogen-bond donors (Lipinski definition) is 1. The minimum Gasteiger partial charge on any atom is -0.368 e. The molecule has 4 aromatic rings. The molecule has 1 aliphatic heterocycles. The van der Waals surface area contributed by atoms with Crippen molar-refractivity contribution in [1.82, 2.24) is 14.9 Å². The standard InChI is InChI=1S/C29H28F3N5/c30-29(31,32)28-16-27(22-3-1-2-4-26(22)35-28)37-13-11-36(12-14-37)21-8-6-20(7-9-21)24-18-34-25-10-5-19(17-33)15-23(24)25/h1-5,10,15-16,18,20-21,34H,6-9,11-14H2. The van der Waals surface area contributed by atoms with Crippen molar-refractivity contribution in [3.05, 3.63) is 71.5 Å². The monoisotopic (exact) mass is 503 g/mol. The van der Waals surface area contributed by atoms with Gasteiger partial charge in [0.15, 0.2) is 0 Å². The molecule has 0 atom stereocenters. The summed E-state index contributed by atoms with van der Waals surface area (Å²) >= 11 is 0. The molecule has 2 aromatic carbocycles. The van der Waals surface area contributed by atoms with E-state index in [1.54, 1.807) is 12.1 Å². The molecule has 1 saturated heterocycles. The Morgan fingerprint density at radius 3 is 2.41 bits per heavy atom. The first-order valence-electron chi connectivity index (χ1n) is 12.9. The van der Waals surface area contributed by atoms with Crippen LogP contribution < -0.4 is 4.90 Å². The number of H-pyrrole nitrogens is 1. The molecule has 0 bridgehead atoms. The first kappa shape index (κ1) is 23.8. The largest absolute Gasteiger partial charge is 0.433 e. The number of para-hydroxylation sites is 1.